The van der Waals surface area contributed by atoms with Gasteiger partial charge in [-0.1, -0.05) is 92.1 Å². The number of aliphatic hydroxyl groups excluding tert-OH is 1. The summed E-state index contributed by atoms with van der Waals surface area (Å²) in [4.78, 5) is 11.4. The van der Waals surface area contributed by atoms with E-state index in [0.717, 1.165) is 12.8 Å². The monoisotopic (exact) mass is 414 g/mol. The molecule has 0 aromatic heterocycles. The van der Waals surface area contributed by atoms with Crippen LogP contribution in [0.2, 0.25) is 18.1 Å². The number of rotatable bonds is 16. The highest BCUT2D eigenvalue weighted by molar-refractivity contribution is 6.74. The number of carbonyl (C=O) groups is 1. The molecule has 0 amide bonds. The van der Waals surface area contributed by atoms with Crippen molar-refractivity contribution in [3.05, 3.63) is 12.2 Å². The molecule has 0 aliphatic carbocycles. The molecule has 0 unspecified atom stereocenters. The van der Waals surface area contributed by atoms with Gasteiger partial charge in [0.25, 0.3) is 0 Å². The molecule has 166 valence electrons. The highest BCUT2D eigenvalue weighted by Crippen LogP contribution is 2.37. The molecule has 0 aliphatic rings. The smallest absolute Gasteiger partial charge is 0.331 e. The second kappa shape index (κ2) is 13.5. The van der Waals surface area contributed by atoms with E-state index in [1.165, 1.54) is 44.9 Å². The van der Waals surface area contributed by atoms with Gasteiger partial charge >= 0.3 is 5.97 Å². The van der Waals surface area contributed by atoms with E-state index < -0.39 is 26.3 Å². The van der Waals surface area contributed by atoms with E-state index in [2.05, 4.69) is 47.4 Å². The minimum atomic E-state index is -2.00. The standard InChI is InChI=1S/C23H46O4Si/c1-8-9-10-11-12-13-14-15-16-17-21(24)20(19(2)22(25)26)18-27-28(6,7)23(3,4)5/h20-21,24H,2,8-18H2,1,3-7H3,(H,25,26)/t20-,21-/m0/s1. The maximum atomic E-state index is 11.4. The number of hydrogen-bond acceptors (Lipinski definition) is 3. The molecule has 0 spiro atoms. The van der Waals surface area contributed by atoms with Crippen LogP contribution in [0.1, 0.15) is 91.9 Å². The zero-order valence-corrected chi connectivity index (χ0v) is 20.4. The van der Waals surface area contributed by atoms with E-state index in [4.69, 9.17) is 4.43 Å². The average molecular weight is 415 g/mol. The Morgan fingerprint density at radius 1 is 1.00 bits per heavy atom. The number of carboxylic acids is 1. The van der Waals surface area contributed by atoms with Crippen LogP contribution >= 0.6 is 0 Å². The molecule has 0 aromatic rings. The van der Waals surface area contributed by atoms with Crippen molar-refractivity contribution in [3.8, 4) is 0 Å². The van der Waals surface area contributed by atoms with Gasteiger partial charge in [-0.2, -0.15) is 0 Å². The first kappa shape index (κ1) is 27.3. The van der Waals surface area contributed by atoms with Crippen LogP contribution < -0.4 is 0 Å². The SMILES string of the molecule is C=C(C(=O)O)[C@H](CO[Si](C)(C)C(C)(C)C)[C@@H](O)CCCCCCCCCCC. The molecule has 0 bridgehead atoms. The lowest BCUT2D eigenvalue weighted by atomic mass is 9.91. The molecule has 2 atom stereocenters. The van der Waals surface area contributed by atoms with Gasteiger partial charge in [0.15, 0.2) is 8.32 Å². The zero-order valence-electron chi connectivity index (χ0n) is 19.4. The number of hydrogen-bond donors (Lipinski definition) is 2. The minimum Gasteiger partial charge on any atom is -0.478 e. The van der Waals surface area contributed by atoms with Gasteiger partial charge < -0.3 is 14.6 Å². The van der Waals surface area contributed by atoms with E-state index in [0.29, 0.717) is 6.42 Å². The van der Waals surface area contributed by atoms with Crippen LogP contribution in [0.4, 0.5) is 0 Å². The van der Waals surface area contributed by atoms with Crippen LogP contribution in [-0.2, 0) is 9.22 Å². The van der Waals surface area contributed by atoms with E-state index in [1.54, 1.807) is 0 Å². The van der Waals surface area contributed by atoms with Crippen LogP contribution in [0.5, 0.6) is 0 Å². The van der Waals surface area contributed by atoms with Gasteiger partial charge in [0.2, 0.25) is 0 Å². The van der Waals surface area contributed by atoms with Crippen molar-refractivity contribution >= 4 is 14.3 Å². The van der Waals surface area contributed by atoms with Gasteiger partial charge in [-0.05, 0) is 24.6 Å². The van der Waals surface area contributed by atoms with Crippen LogP contribution in [-0.4, -0.2) is 37.2 Å². The zero-order chi connectivity index (χ0) is 21.8. The Kier molecular flexibility index (Phi) is 13.2. The number of carboxylic acid groups (broad SMARTS) is 1. The topological polar surface area (TPSA) is 66.8 Å². The molecular formula is C23H46O4Si. The van der Waals surface area contributed by atoms with Crippen molar-refractivity contribution in [2.75, 3.05) is 6.61 Å². The Hall–Kier alpha value is -0.653. The third-order valence-electron chi connectivity index (χ3n) is 6.22. The quantitative estimate of drug-likeness (QED) is 0.171. The number of aliphatic hydroxyl groups is 1. The Balaban J connectivity index is 4.42. The molecule has 28 heavy (non-hydrogen) atoms. The minimum absolute atomic E-state index is 0.0458. The van der Waals surface area contributed by atoms with Crippen LogP contribution in [0, 0.1) is 5.92 Å². The lowest BCUT2D eigenvalue weighted by molar-refractivity contribution is -0.134. The summed E-state index contributed by atoms with van der Waals surface area (Å²) in [6, 6.07) is 0. The molecule has 5 heteroatoms. The summed E-state index contributed by atoms with van der Waals surface area (Å²) in [5.74, 6) is -1.59. The fourth-order valence-corrected chi connectivity index (χ4v) is 4.01. The molecule has 2 N–H and O–H groups in total. The molecule has 0 saturated carbocycles. The lowest BCUT2D eigenvalue weighted by Gasteiger charge is -2.38. The van der Waals surface area contributed by atoms with Crippen LogP contribution in [0.15, 0.2) is 12.2 Å². The first-order chi connectivity index (χ1) is 12.9. The third-order valence-corrected chi connectivity index (χ3v) is 10.7. The van der Waals surface area contributed by atoms with Crippen molar-refractivity contribution < 1.29 is 19.4 Å². The lowest BCUT2D eigenvalue weighted by Crippen LogP contribution is -2.43. The van der Waals surface area contributed by atoms with Crippen molar-refractivity contribution in [2.24, 2.45) is 5.92 Å². The van der Waals surface area contributed by atoms with E-state index in [9.17, 15) is 15.0 Å². The van der Waals surface area contributed by atoms with E-state index in [-0.39, 0.29) is 17.2 Å². The molecule has 0 heterocycles. The fourth-order valence-electron chi connectivity index (χ4n) is 2.98. The highest BCUT2D eigenvalue weighted by Gasteiger charge is 2.38. The fraction of sp³-hybridized carbons (Fsp3) is 0.870. The molecule has 0 saturated heterocycles. The highest BCUT2D eigenvalue weighted by atomic mass is 28.4. The van der Waals surface area contributed by atoms with Crippen LogP contribution in [0.25, 0.3) is 0 Å². The first-order valence-corrected chi connectivity index (χ1v) is 14.1. The summed E-state index contributed by atoms with van der Waals surface area (Å²) in [5.41, 5.74) is 0.0575. The Morgan fingerprint density at radius 2 is 1.46 bits per heavy atom. The summed E-state index contributed by atoms with van der Waals surface area (Å²) in [5, 5.41) is 20.1. The predicted octanol–water partition coefficient (Wildman–Crippen LogP) is 6.55. The van der Waals surface area contributed by atoms with Gasteiger partial charge in [-0.15, -0.1) is 0 Å². The van der Waals surface area contributed by atoms with Crippen molar-refractivity contribution in [2.45, 2.75) is 116 Å². The van der Waals surface area contributed by atoms with Crippen molar-refractivity contribution in [1.82, 2.24) is 0 Å². The number of unbranched alkanes of at least 4 members (excludes halogenated alkanes) is 8. The maximum Gasteiger partial charge on any atom is 0.331 e. The molecule has 0 rings (SSSR count). The molecule has 0 radical (unpaired) electrons. The molecule has 0 aromatic carbocycles. The number of aliphatic carboxylic acids is 1. The Morgan fingerprint density at radius 3 is 1.89 bits per heavy atom. The molecule has 4 nitrogen and oxygen atoms in total. The van der Waals surface area contributed by atoms with Gasteiger partial charge in [-0.25, -0.2) is 4.79 Å². The van der Waals surface area contributed by atoms with Gasteiger partial charge in [-0.3, -0.25) is 0 Å². The van der Waals surface area contributed by atoms with Crippen molar-refractivity contribution in [1.29, 1.82) is 0 Å². The average Bonchev–Trinajstić information content (AvgIpc) is 2.59. The normalized spacial score (nSPS) is 14.7. The summed E-state index contributed by atoms with van der Waals surface area (Å²) >= 11 is 0. The van der Waals surface area contributed by atoms with Gasteiger partial charge in [0.1, 0.15) is 0 Å². The largest absolute Gasteiger partial charge is 0.478 e. The second-order valence-corrected chi connectivity index (χ2v) is 14.5. The molecular weight excluding hydrogens is 368 g/mol. The van der Waals surface area contributed by atoms with Gasteiger partial charge in [0.05, 0.1) is 6.10 Å². The van der Waals surface area contributed by atoms with Crippen LogP contribution in [0.3, 0.4) is 0 Å². The van der Waals surface area contributed by atoms with Crippen molar-refractivity contribution in [3.63, 3.8) is 0 Å². The Bertz CT molecular complexity index is 454. The van der Waals surface area contributed by atoms with E-state index >= 15 is 0 Å². The molecule has 0 aliphatic heterocycles. The van der Waals surface area contributed by atoms with Gasteiger partial charge in [0, 0.05) is 18.1 Å². The molecule has 0 fully saturated rings. The summed E-state index contributed by atoms with van der Waals surface area (Å²) in [6.07, 6.45) is 10.9. The second-order valence-electron chi connectivity index (χ2n) is 9.69. The summed E-state index contributed by atoms with van der Waals surface area (Å²) in [7, 11) is -2.00. The summed E-state index contributed by atoms with van der Waals surface area (Å²) in [6.45, 7) is 16.9. The summed E-state index contributed by atoms with van der Waals surface area (Å²) < 4.78 is 6.19. The third kappa shape index (κ3) is 10.8. The first-order valence-electron chi connectivity index (χ1n) is 11.2. The van der Waals surface area contributed by atoms with E-state index in [1.807, 2.05) is 0 Å². The maximum absolute atomic E-state index is 11.4. The predicted molar refractivity (Wildman–Crippen MR) is 121 cm³/mol. The Labute approximate surface area is 174 Å².